The second-order valence-corrected chi connectivity index (χ2v) is 10.7. The lowest BCUT2D eigenvalue weighted by Crippen LogP contribution is -2.46. The molecule has 0 unspecified atom stereocenters. The van der Waals surface area contributed by atoms with Crippen LogP contribution in [0.2, 0.25) is 0 Å². The van der Waals surface area contributed by atoms with E-state index >= 15 is 0 Å². The van der Waals surface area contributed by atoms with E-state index in [0.717, 1.165) is 41.8 Å². The van der Waals surface area contributed by atoms with Crippen molar-refractivity contribution in [1.29, 1.82) is 0 Å². The van der Waals surface area contributed by atoms with Crippen LogP contribution in [0.1, 0.15) is 69.8 Å². The smallest absolute Gasteiger partial charge is 0.433 e. The van der Waals surface area contributed by atoms with Gasteiger partial charge in [-0.1, -0.05) is 19.1 Å². The van der Waals surface area contributed by atoms with Crippen molar-refractivity contribution >= 4 is 17.6 Å². The molecular formula is C29H29F3N6O3. The molecule has 2 aliphatic heterocycles. The fourth-order valence-corrected chi connectivity index (χ4v) is 6.05. The number of phenols is 1. The average Bonchev–Trinajstić information content (AvgIpc) is 3.15. The van der Waals surface area contributed by atoms with Gasteiger partial charge >= 0.3 is 6.18 Å². The first-order valence-electron chi connectivity index (χ1n) is 13.6. The Morgan fingerprint density at radius 1 is 1.12 bits per heavy atom. The molecule has 41 heavy (non-hydrogen) atoms. The van der Waals surface area contributed by atoms with Gasteiger partial charge in [-0.2, -0.15) is 18.3 Å². The highest BCUT2D eigenvalue weighted by Crippen LogP contribution is 2.41. The van der Waals surface area contributed by atoms with Crippen molar-refractivity contribution < 1.29 is 27.9 Å². The number of nitrogens with two attached hydrogens (primary N) is 1. The van der Waals surface area contributed by atoms with Crippen molar-refractivity contribution in [1.82, 2.24) is 24.6 Å². The quantitative estimate of drug-likeness (QED) is 0.459. The van der Waals surface area contributed by atoms with Gasteiger partial charge in [-0.25, -0.2) is 9.67 Å². The first-order valence-corrected chi connectivity index (χ1v) is 13.6. The van der Waals surface area contributed by atoms with Crippen molar-refractivity contribution in [3.8, 4) is 11.4 Å². The maximum absolute atomic E-state index is 13.8. The van der Waals surface area contributed by atoms with Gasteiger partial charge in [0.2, 0.25) is 5.91 Å². The van der Waals surface area contributed by atoms with Gasteiger partial charge in [-0.05, 0) is 54.7 Å². The fraction of sp³-hybridized carbons (Fsp3) is 0.379. The number of anilines is 1. The molecule has 3 aliphatic rings. The number of amides is 2. The number of nitrogen functional groups attached to an aromatic ring is 1. The number of carbonyl (C=O) groups excluding carboxylic acids is 2. The van der Waals surface area contributed by atoms with E-state index in [0.29, 0.717) is 36.7 Å². The predicted octanol–water partition coefficient (Wildman–Crippen LogP) is 4.15. The molecule has 4 heterocycles. The van der Waals surface area contributed by atoms with E-state index in [1.807, 2.05) is 12.1 Å². The van der Waals surface area contributed by atoms with Crippen LogP contribution in [0, 0.1) is 0 Å². The van der Waals surface area contributed by atoms with Crippen LogP contribution in [0.25, 0.3) is 5.69 Å². The van der Waals surface area contributed by atoms with E-state index in [-0.39, 0.29) is 30.3 Å². The molecule has 12 heteroatoms. The third-order valence-electron chi connectivity index (χ3n) is 8.41. The molecule has 0 spiro atoms. The molecular weight excluding hydrogens is 537 g/mol. The molecule has 214 valence electrons. The molecule has 3 N–H and O–H groups in total. The Morgan fingerprint density at radius 3 is 2.54 bits per heavy atom. The minimum Gasteiger partial charge on any atom is -0.506 e. The van der Waals surface area contributed by atoms with Gasteiger partial charge in [0.05, 0.1) is 23.0 Å². The zero-order valence-corrected chi connectivity index (χ0v) is 22.2. The Balaban J connectivity index is 1.40. The minimum atomic E-state index is -4.70. The Kier molecular flexibility index (Phi) is 6.50. The zero-order valence-electron chi connectivity index (χ0n) is 22.2. The van der Waals surface area contributed by atoms with Crippen LogP contribution >= 0.6 is 0 Å². The van der Waals surface area contributed by atoms with E-state index in [1.165, 1.54) is 17.4 Å². The second kappa shape index (κ2) is 9.93. The molecule has 1 saturated carbocycles. The molecule has 0 bridgehead atoms. The van der Waals surface area contributed by atoms with Crippen molar-refractivity contribution in [2.45, 2.75) is 50.2 Å². The predicted molar refractivity (Wildman–Crippen MR) is 143 cm³/mol. The molecule has 9 nitrogen and oxygen atoms in total. The number of hydrogen-bond acceptors (Lipinski definition) is 6. The average molecular weight is 567 g/mol. The van der Waals surface area contributed by atoms with E-state index in [1.54, 1.807) is 15.6 Å². The number of alkyl halides is 3. The number of aromatic nitrogens is 3. The Hall–Kier alpha value is -4.35. The van der Waals surface area contributed by atoms with Crippen LogP contribution in [-0.2, 0) is 23.8 Å². The lowest BCUT2D eigenvalue weighted by molar-refractivity contribution is -0.141. The van der Waals surface area contributed by atoms with Crippen molar-refractivity contribution in [2.24, 2.45) is 0 Å². The molecule has 1 atom stereocenters. The lowest BCUT2D eigenvalue weighted by atomic mass is 9.80. The van der Waals surface area contributed by atoms with E-state index < -0.39 is 29.6 Å². The van der Waals surface area contributed by atoms with E-state index in [2.05, 4.69) is 11.6 Å². The van der Waals surface area contributed by atoms with Gasteiger partial charge in [-0.3, -0.25) is 9.59 Å². The van der Waals surface area contributed by atoms with Crippen molar-refractivity contribution in [3.63, 3.8) is 0 Å². The van der Waals surface area contributed by atoms with Crippen LogP contribution in [0.15, 0.2) is 43.0 Å². The third-order valence-corrected chi connectivity index (χ3v) is 8.41. The standard InChI is InChI=1S/C29H29F3N6O3/c1-2-25(40)36-12-10-19-26-21(38(35-19)20-8-6-17(14-23(20)39)16-4-3-5-16)11-13-37(22(26)15-36)28(41)18-7-9-24(29(30,31)32)34-27(18)33/h2,6-9,14,16,22,39H,1,3-5,10-13,15H2,(H2,33,34)/t22-/m0/s1. The minimum absolute atomic E-state index is 0.116. The van der Waals surface area contributed by atoms with Crippen LogP contribution in [0.4, 0.5) is 19.0 Å². The zero-order chi connectivity index (χ0) is 29.1. The summed E-state index contributed by atoms with van der Waals surface area (Å²) in [5, 5.41) is 15.8. The summed E-state index contributed by atoms with van der Waals surface area (Å²) in [6.45, 7) is 4.26. The molecule has 1 aliphatic carbocycles. The fourth-order valence-electron chi connectivity index (χ4n) is 6.05. The van der Waals surface area contributed by atoms with E-state index in [4.69, 9.17) is 10.8 Å². The third kappa shape index (κ3) is 4.60. The summed E-state index contributed by atoms with van der Waals surface area (Å²) in [5.41, 5.74) is 8.40. The summed E-state index contributed by atoms with van der Waals surface area (Å²) in [6.07, 6.45) is 0.678. The van der Waals surface area contributed by atoms with Crippen molar-refractivity contribution in [2.75, 3.05) is 25.4 Å². The normalized spacial score (nSPS) is 18.9. The van der Waals surface area contributed by atoms with Crippen LogP contribution in [-0.4, -0.2) is 61.1 Å². The molecule has 6 rings (SSSR count). The van der Waals surface area contributed by atoms with Gasteiger partial charge in [0, 0.05) is 38.0 Å². The van der Waals surface area contributed by atoms with Gasteiger partial charge in [0.15, 0.2) is 0 Å². The number of phenolic OH excluding ortho intramolecular Hbond substituents is 1. The first-order chi connectivity index (χ1) is 19.6. The number of nitrogens with zero attached hydrogens (tertiary/aromatic N) is 5. The van der Waals surface area contributed by atoms with Gasteiger partial charge in [0.1, 0.15) is 22.9 Å². The number of aromatic hydroxyl groups is 1. The molecule has 1 aromatic carbocycles. The molecule has 1 fully saturated rings. The summed E-state index contributed by atoms with van der Waals surface area (Å²) >= 11 is 0. The highest BCUT2D eigenvalue weighted by Gasteiger charge is 2.41. The number of pyridine rings is 1. The number of halogens is 3. The first kappa shape index (κ1) is 26.9. The Labute approximate surface area is 234 Å². The van der Waals surface area contributed by atoms with Crippen LogP contribution < -0.4 is 5.73 Å². The van der Waals surface area contributed by atoms with Gasteiger partial charge in [-0.15, -0.1) is 0 Å². The summed E-state index contributed by atoms with van der Waals surface area (Å²) in [6, 6.07) is 6.80. The number of carbonyl (C=O) groups is 2. The largest absolute Gasteiger partial charge is 0.506 e. The summed E-state index contributed by atoms with van der Waals surface area (Å²) in [4.78, 5) is 32.9. The molecule has 0 radical (unpaired) electrons. The van der Waals surface area contributed by atoms with E-state index in [9.17, 15) is 27.9 Å². The number of rotatable bonds is 4. The Bertz CT molecular complexity index is 1560. The van der Waals surface area contributed by atoms with Crippen LogP contribution in [0.5, 0.6) is 5.75 Å². The molecule has 2 aromatic heterocycles. The summed E-state index contributed by atoms with van der Waals surface area (Å²) in [5.74, 6) is -0.839. The topological polar surface area (TPSA) is 118 Å². The lowest BCUT2D eigenvalue weighted by Gasteiger charge is -2.38. The van der Waals surface area contributed by atoms with Gasteiger partial charge < -0.3 is 20.6 Å². The van der Waals surface area contributed by atoms with Crippen LogP contribution in [0.3, 0.4) is 0 Å². The summed E-state index contributed by atoms with van der Waals surface area (Å²) in [7, 11) is 0. The van der Waals surface area contributed by atoms with Gasteiger partial charge in [0.25, 0.3) is 5.91 Å². The molecule has 3 aromatic rings. The maximum Gasteiger partial charge on any atom is 0.433 e. The summed E-state index contributed by atoms with van der Waals surface area (Å²) < 4.78 is 41.2. The molecule has 2 amide bonds. The van der Waals surface area contributed by atoms with Crippen molar-refractivity contribution in [3.05, 3.63) is 76.8 Å². The maximum atomic E-state index is 13.8. The monoisotopic (exact) mass is 566 g/mol. The number of benzene rings is 1. The Morgan fingerprint density at radius 2 is 1.90 bits per heavy atom. The second-order valence-electron chi connectivity index (χ2n) is 10.7. The highest BCUT2D eigenvalue weighted by atomic mass is 19.4. The number of hydrogen-bond donors (Lipinski definition) is 2. The SMILES string of the molecule is C=CC(=O)N1CCc2nn(-c3ccc(C4CCC4)cc3O)c3c2[C@H](C1)N(C(=O)c1ccc(C(F)(F)F)nc1N)CC3. The highest BCUT2D eigenvalue weighted by molar-refractivity contribution is 5.99. The molecule has 0 saturated heterocycles.